The lowest BCUT2D eigenvalue weighted by molar-refractivity contribution is 0.161. The first-order valence-electron chi connectivity index (χ1n) is 8.05. The zero-order valence-corrected chi connectivity index (χ0v) is 13.8. The molecule has 1 aliphatic heterocycles. The van der Waals surface area contributed by atoms with Gasteiger partial charge in [0, 0.05) is 26.2 Å². The van der Waals surface area contributed by atoms with Crippen molar-refractivity contribution in [2.45, 2.75) is 6.92 Å². The number of carbonyl (C=O) groups excluding carboxylic acids is 1. The SMILES string of the molecule is Cc1ccccc1N(C(=O)N1CCN(C)CC1)c1ccccc1. The first-order chi connectivity index (χ1) is 11.2. The quantitative estimate of drug-likeness (QED) is 0.849. The molecule has 2 aromatic carbocycles. The lowest BCUT2D eigenvalue weighted by Crippen LogP contribution is -2.51. The number of amides is 2. The molecule has 2 aromatic rings. The average molecular weight is 309 g/mol. The van der Waals surface area contributed by atoms with Crippen molar-refractivity contribution in [1.29, 1.82) is 0 Å². The predicted octanol–water partition coefficient (Wildman–Crippen LogP) is 3.50. The first kappa shape index (κ1) is 15.6. The smallest absolute Gasteiger partial charge is 0.321 e. The highest BCUT2D eigenvalue weighted by Crippen LogP contribution is 2.29. The Kier molecular flexibility index (Phi) is 4.63. The predicted molar refractivity (Wildman–Crippen MR) is 94.2 cm³/mol. The van der Waals surface area contributed by atoms with Crippen LogP contribution in [-0.2, 0) is 0 Å². The minimum absolute atomic E-state index is 0.0543. The van der Waals surface area contributed by atoms with Gasteiger partial charge in [-0.25, -0.2) is 4.79 Å². The highest BCUT2D eigenvalue weighted by Gasteiger charge is 2.27. The monoisotopic (exact) mass is 309 g/mol. The molecule has 0 aliphatic carbocycles. The van der Waals surface area contributed by atoms with Crippen molar-refractivity contribution in [2.75, 3.05) is 38.1 Å². The molecular weight excluding hydrogens is 286 g/mol. The number of likely N-dealkylation sites (N-methyl/N-ethyl adjacent to an activating group) is 1. The summed E-state index contributed by atoms with van der Waals surface area (Å²) < 4.78 is 0. The van der Waals surface area contributed by atoms with Crippen LogP contribution in [0.25, 0.3) is 0 Å². The third-order valence-electron chi connectivity index (χ3n) is 4.34. The van der Waals surface area contributed by atoms with Crippen LogP contribution in [0.1, 0.15) is 5.56 Å². The Morgan fingerprint density at radius 2 is 1.52 bits per heavy atom. The minimum atomic E-state index is 0.0543. The van der Waals surface area contributed by atoms with E-state index in [0.717, 1.165) is 43.1 Å². The Labute approximate surface area is 137 Å². The molecule has 1 heterocycles. The van der Waals surface area contributed by atoms with Gasteiger partial charge in [-0.1, -0.05) is 36.4 Å². The summed E-state index contributed by atoms with van der Waals surface area (Å²) in [7, 11) is 2.10. The molecule has 1 aliphatic rings. The molecule has 3 rings (SSSR count). The number of piperazine rings is 1. The van der Waals surface area contributed by atoms with Crippen molar-refractivity contribution in [3.05, 3.63) is 60.2 Å². The molecule has 1 fully saturated rings. The van der Waals surface area contributed by atoms with Gasteiger partial charge in [-0.15, -0.1) is 0 Å². The van der Waals surface area contributed by atoms with Crippen LogP contribution < -0.4 is 4.90 Å². The van der Waals surface area contributed by atoms with Gasteiger partial charge < -0.3 is 9.80 Å². The molecule has 0 unspecified atom stereocenters. The van der Waals surface area contributed by atoms with Crippen molar-refractivity contribution >= 4 is 17.4 Å². The summed E-state index contributed by atoms with van der Waals surface area (Å²) in [5.74, 6) is 0. The van der Waals surface area contributed by atoms with E-state index in [0.29, 0.717) is 0 Å². The van der Waals surface area contributed by atoms with Gasteiger partial charge in [0.25, 0.3) is 0 Å². The Hall–Kier alpha value is -2.33. The normalized spacial score (nSPS) is 15.5. The second-order valence-electron chi connectivity index (χ2n) is 6.03. The molecule has 2 amide bonds. The van der Waals surface area contributed by atoms with Crippen molar-refractivity contribution < 1.29 is 4.79 Å². The second-order valence-corrected chi connectivity index (χ2v) is 6.03. The molecule has 0 bridgehead atoms. The van der Waals surface area contributed by atoms with Gasteiger partial charge in [-0.2, -0.15) is 0 Å². The number of para-hydroxylation sites is 2. The van der Waals surface area contributed by atoms with Gasteiger partial charge in [0.2, 0.25) is 0 Å². The van der Waals surface area contributed by atoms with Crippen LogP contribution in [0.4, 0.5) is 16.2 Å². The number of hydrogen-bond acceptors (Lipinski definition) is 2. The van der Waals surface area contributed by atoms with Gasteiger partial charge in [-0.05, 0) is 37.7 Å². The minimum Gasteiger partial charge on any atom is -0.321 e. The molecule has 120 valence electrons. The maximum absolute atomic E-state index is 13.2. The summed E-state index contributed by atoms with van der Waals surface area (Å²) in [5.41, 5.74) is 2.95. The van der Waals surface area contributed by atoms with Crippen LogP contribution in [0.15, 0.2) is 54.6 Å². The molecule has 0 N–H and O–H groups in total. The van der Waals surface area contributed by atoms with Crippen LogP contribution in [0.2, 0.25) is 0 Å². The van der Waals surface area contributed by atoms with Crippen molar-refractivity contribution in [1.82, 2.24) is 9.80 Å². The Morgan fingerprint density at radius 1 is 0.913 bits per heavy atom. The molecule has 4 nitrogen and oxygen atoms in total. The van der Waals surface area contributed by atoms with E-state index in [-0.39, 0.29) is 6.03 Å². The number of nitrogens with zero attached hydrogens (tertiary/aromatic N) is 3. The van der Waals surface area contributed by atoms with Crippen LogP contribution in [-0.4, -0.2) is 49.1 Å². The van der Waals surface area contributed by atoms with Crippen molar-refractivity contribution in [2.24, 2.45) is 0 Å². The highest BCUT2D eigenvalue weighted by molar-refractivity contribution is 6.00. The molecular formula is C19H23N3O. The largest absolute Gasteiger partial charge is 0.329 e. The average Bonchev–Trinajstić information content (AvgIpc) is 2.58. The van der Waals surface area contributed by atoms with E-state index in [1.807, 2.05) is 71.3 Å². The maximum Gasteiger partial charge on any atom is 0.329 e. The molecule has 4 heteroatoms. The van der Waals surface area contributed by atoms with Gasteiger partial charge in [0.15, 0.2) is 0 Å². The Balaban J connectivity index is 1.96. The first-order valence-corrected chi connectivity index (χ1v) is 8.05. The van der Waals surface area contributed by atoms with E-state index in [2.05, 4.69) is 11.9 Å². The fourth-order valence-electron chi connectivity index (χ4n) is 2.88. The summed E-state index contributed by atoms with van der Waals surface area (Å²) in [4.78, 5) is 19.2. The van der Waals surface area contributed by atoms with Gasteiger partial charge >= 0.3 is 6.03 Å². The van der Waals surface area contributed by atoms with Crippen LogP contribution in [0.3, 0.4) is 0 Å². The summed E-state index contributed by atoms with van der Waals surface area (Å²) in [5, 5.41) is 0. The zero-order valence-electron chi connectivity index (χ0n) is 13.8. The summed E-state index contributed by atoms with van der Waals surface area (Å²) in [6, 6.07) is 18.0. The molecule has 0 radical (unpaired) electrons. The zero-order chi connectivity index (χ0) is 16.2. The van der Waals surface area contributed by atoms with Crippen molar-refractivity contribution in [3.63, 3.8) is 0 Å². The number of carbonyl (C=O) groups is 1. The van der Waals surface area contributed by atoms with Gasteiger partial charge in [-0.3, -0.25) is 4.90 Å². The van der Waals surface area contributed by atoms with E-state index in [1.54, 1.807) is 0 Å². The molecule has 0 atom stereocenters. The van der Waals surface area contributed by atoms with Crippen LogP contribution in [0.5, 0.6) is 0 Å². The fourth-order valence-corrected chi connectivity index (χ4v) is 2.88. The summed E-state index contributed by atoms with van der Waals surface area (Å²) in [6.45, 7) is 5.42. The fraction of sp³-hybridized carbons (Fsp3) is 0.316. The number of aryl methyl sites for hydroxylation is 1. The van der Waals surface area contributed by atoms with Gasteiger partial charge in [0.1, 0.15) is 0 Å². The summed E-state index contributed by atoms with van der Waals surface area (Å²) >= 11 is 0. The van der Waals surface area contributed by atoms with E-state index < -0.39 is 0 Å². The lowest BCUT2D eigenvalue weighted by Gasteiger charge is -2.36. The number of hydrogen-bond donors (Lipinski definition) is 0. The third kappa shape index (κ3) is 3.37. The highest BCUT2D eigenvalue weighted by atomic mass is 16.2. The number of rotatable bonds is 2. The van der Waals surface area contributed by atoms with E-state index in [1.165, 1.54) is 0 Å². The van der Waals surface area contributed by atoms with Crippen LogP contribution >= 0.6 is 0 Å². The van der Waals surface area contributed by atoms with Crippen LogP contribution in [0, 0.1) is 6.92 Å². The Bertz CT molecular complexity index is 663. The van der Waals surface area contributed by atoms with Crippen molar-refractivity contribution in [3.8, 4) is 0 Å². The maximum atomic E-state index is 13.2. The third-order valence-corrected chi connectivity index (χ3v) is 4.34. The number of benzene rings is 2. The van der Waals surface area contributed by atoms with E-state index in [9.17, 15) is 4.79 Å². The van der Waals surface area contributed by atoms with E-state index in [4.69, 9.17) is 0 Å². The lowest BCUT2D eigenvalue weighted by atomic mass is 10.1. The second kappa shape index (κ2) is 6.84. The molecule has 0 saturated carbocycles. The Morgan fingerprint density at radius 3 is 2.17 bits per heavy atom. The van der Waals surface area contributed by atoms with Gasteiger partial charge in [0.05, 0.1) is 11.4 Å². The molecule has 1 saturated heterocycles. The molecule has 0 spiro atoms. The topological polar surface area (TPSA) is 26.8 Å². The standard InChI is InChI=1S/C19H23N3O/c1-16-8-6-7-11-18(16)22(17-9-4-3-5-10-17)19(23)21-14-12-20(2)13-15-21/h3-11H,12-15H2,1-2H3. The number of anilines is 2. The molecule has 23 heavy (non-hydrogen) atoms. The summed E-state index contributed by atoms with van der Waals surface area (Å²) in [6.07, 6.45) is 0. The number of urea groups is 1. The molecule has 0 aromatic heterocycles. The van der Waals surface area contributed by atoms with E-state index >= 15 is 0 Å².